The average Bonchev–Trinajstić information content (AvgIpc) is 3.24. The van der Waals surface area contributed by atoms with E-state index >= 15 is 0 Å². The first-order chi connectivity index (χ1) is 11.1. The standard InChI is InChI=1S/C16H19N5O2/c1-20(12-7-8-18-10-12)16(23)13-9-14(15(17)22)21(19-13)11-5-3-2-4-6-11/h2-6,9,12,18H,7-8,10H2,1H3,(H2,17,22)/t12-/m1/s1. The second kappa shape index (κ2) is 6.21. The molecule has 3 rings (SSSR count). The van der Waals surface area contributed by atoms with Crippen LogP contribution >= 0.6 is 0 Å². The Morgan fingerprint density at radius 2 is 2.09 bits per heavy atom. The molecule has 1 fully saturated rings. The van der Waals surface area contributed by atoms with Crippen LogP contribution in [0, 0.1) is 0 Å². The lowest BCUT2D eigenvalue weighted by molar-refractivity contribution is 0.0737. The van der Waals surface area contributed by atoms with Gasteiger partial charge in [0.25, 0.3) is 11.8 Å². The summed E-state index contributed by atoms with van der Waals surface area (Å²) in [4.78, 5) is 26.0. The summed E-state index contributed by atoms with van der Waals surface area (Å²) in [6, 6.07) is 10.7. The van der Waals surface area contributed by atoms with E-state index in [-0.39, 0.29) is 23.3 Å². The lowest BCUT2D eigenvalue weighted by Crippen LogP contribution is -2.38. The van der Waals surface area contributed by atoms with Crippen LogP contribution in [0.25, 0.3) is 5.69 Å². The van der Waals surface area contributed by atoms with Crippen LogP contribution in [0.15, 0.2) is 36.4 Å². The van der Waals surface area contributed by atoms with Gasteiger partial charge in [0.2, 0.25) is 0 Å². The van der Waals surface area contributed by atoms with E-state index in [1.54, 1.807) is 24.1 Å². The molecule has 1 atom stereocenters. The number of carbonyl (C=O) groups excluding carboxylic acids is 2. The fourth-order valence-electron chi connectivity index (χ4n) is 2.74. The van der Waals surface area contributed by atoms with E-state index in [4.69, 9.17) is 5.73 Å². The van der Waals surface area contributed by atoms with Crippen molar-refractivity contribution in [2.45, 2.75) is 12.5 Å². The summed E-state index contributed by atoms with van der Waals surface area (Å²) in [5.74, 6) is -0.832. The van der Waals surface area contributed by atoms with Gasteiger partial charge in [0.05, 0.1) is 5.69 Å². The monoisotopic (exact) mass is 313 g/mol. The Labute approximate surface area is 134 Å². The molecular formula is C16H19N5O2. The van der Waals surface area contributed by atoms with Crippen LogP contribution in [0.2, 0.25) is 0 Å². The number of primary amides is 1. The summed E-state index contributed by atoms with van der Waals surface area (Å²) in [5.41, 5.74) is 6.53. The Bertz CT molecular complexity index is 719. The minimum Gasteiger partial charge on any atom is -0.364 e. The topological polar surface area (TPSA) is 93.2 Å². The van der Waals surface area contributed by atoms with Crippen LogP contribution in [0.4, 0.5) is 0 Å². The van der Waals surface area contributed by atoms with Crippen molar-refractivity contribution in [3.05, 3.63) is 47.8 Å². The number of hydrogen-bond acceptors (Lipinski definition) is 4. The van der Waals surface area contributed by atoms with Gasteiger partial charge in [-0.1, -0.05) is 18.2 Å². The number of nitrogens with one attached hydrogen (secondary N) is 1. The highest BCUT2D eigenvalue weighted by Gasteiger charge is 2.27. The maximum absolute atomic E-state index is 12.6. The highest BCUT2D eigenvalue weighted by Crippen LogP contribution is 2.15. The van der Waals surface area contributed by atoms with Crippen molar-refractivity contribution in [2.75, 3.05) is 20.1 Å². The van der Waals surface area contributed by atoms with Crippen molar-refractivity contribution in [1.82, 2.24) is 20.0 Å². The SMILES string of the molecule is CN(C(=O)c1cc(C(N)=O)n(-c2ccccc2)n1)[C@@H]1CCNC1. The summed E-state index contributed by atoms with van der Waals surface area (Å²) in [7, 11) is 1.76. The summed E-state index contributed by atoms with van der Waals surface area (Å²) < 4.78 is 1.41. The van der Waals surface area contributed by atoms with Crippen LogP contribution in [0.3, 0.4) is 0 Å². The van der Waals surface area contributed by atoms with E-state index in [0.29, 0.717) is 5.69 Å². The quantitative estimate of drug-likeness (QED) is 0.855. The molecular weight excluding hydrogens is 294 g/mol. The van der Waals surface area contributed by atoms with E-state index in [1.807, 2.05) is 18.2 Å². The molecule has 7 heteroatoms. The Morgan fingerprint density at radius 1 is 1.35 bits per heavy atom. The molecule has 1 saturated heterocycles. The Morgan fingerprint density at radius 3 is 2.70 bits per heavy atom. The predicted molar refractivity (Wildman–Crippen MR) is 85.5 cm³/mol. The first kappa shape index (κ1) is 15.2. The van der Waals surface area contributed by atoms with Gasteiger partial charge >= 0.3 is 0 Å². The molecule has 2 amide bonds. The Balaban J connectivity index is 1.94. The number of rotatable bonds is 4. The van der Waals surface area contributed by atoms with Gasteiger partial charge in [-0.25, -0.2) is 4.68 Å². The van der Waals surface area contributed by atoms with E-state index < -0.39 is 5.91 Å². The molecule has 23 heavy (non-hydrogen) atoms. The van der Waals surface area contributed by atoms with Crippen LogP contribution in [0.1, 0.15) is 27.4 Å². The summed E-state index contributed by atoms with van der Waals surface area (Å²) in [6.45, 7) is 1.66. The van der Waals surface area contributed by atoms with Gasteiger partial charge in [-0.05, 0) is 25.1 Å². The first-order valence-electron chi connectivity index (χ1n) is 7.51. The minimum absolute atomic E-state index is 0.140. The third-order valence-electron chi connectivity index (χ3n) is 4.08. The number of benzene rings is 1. The molecule has 0 bridgehead atoms. The van der Waals surface area contributed by atoms with Crippen LogP contribution in [0.5, 0.6) is 0 Å². The third-order valence-corrected chi connectivity index (χ3v) is 4.08. The number of carbonyl (C=O) groups is 2. The lowest BCUT2D eigenvalue weighted by atomic mass is 10.2. The van der Waals surface area contributed by atoms with Crippen LogP contribution in [-0.4, -0.2) is 52.7 Å². The summed E-state index contributed by atoms with van der Waals surface area (Å²) in [5, 5.41) is 7.52. The number of nitrogens with zero attached hydrogens (tertiary/aromatic N) is 3. The third kappa shape index (κ3) is 2.95. The molecule has 1 aromatic carbocycles. The molecule has 1 aromatic heterocycles. The van der Waals surface area contributed by atoms with Gasteiger partial charge in [0.1, 0.15) is 5.69 Å². The fraction of sp³-hybridized carbons (Fsp3) is 0.312. The molecule has 0 unspecified atom stereocenters. The number of amides is 2. The lowest BCUT2D eigenvalue weighted by Gasteiger charge is -2.22. The summed E-state index contributed by atoms with van der Waals surface area (Å²) in [6.07, 6.45) is 0.907. The maximum Gasteiger partial charge on any atom is 0.274 e. The first-order valence-corrected chi connectivity index (χ1v) is 7.51. The van der Waals surface area contributed by atoms with Crippen molar-refractivity contribution in [3.63, 3.8) is 0 Å². The minimum atomic E-state index is -0.620. The second-order valence-electron chi connectivity index (χ2n) is 5.59. The van der Waals surface area contributed by atoms with Crippen LogP contribution < -0.4 is 11.1 Å². The van der Waals surface area contributed by atoms with E-state index in [2.05, 4.69) is 10.4 Å². The normalized spacial score (nSPS) is 17.2. The van der Waals surface area contributed by atoms with Crippen molar-refractivity contribution < 1.29 is 9.59 Å². The highest BCUT2D eigenvalue weighted by atomic mass is 16.2. The zero-order chi connectivity index (χ0) is 16.4. The molecule has 0 saturated carbocycles. The Kier molecular flexibility index (Phi) is 4.12. The molecule has 2 heterocycles. The zero-order valence-corrected chi connectivity index (χ0v) is 12.9. The smallest absolute Gasteiger partial charge is 0.274 e. The number of nitrogens with two attached hydrogens (primary N) is 1. The molecule has 120 valence electrons. The molecule has 1 aliphatic rings. The maximum atomic E-state index is 12.6. The van der Waals surface area contributed by atoms with Gasteiger partial charge in [-0.15, -0.1) is 0 Å². The second-order valence-corrected chi connectivity index (χ2v) is 5.59. The van der Waals surface area contributed by atoms with Crippen molar-refractivity contribution in [2.24, 2.45) is 5.73 Å². The van der Waals surface area contributed by atoms with Crippen molar-refractivity contribution >= 4 is 11.8 Å². The number of para-hydroxylation sites is 1. The van der Waals surface area contributed by atoms with Gasteiger partial charge in [0.15, 0.2) is 5.69 Å². The number of aromatic nitrogens is 2. The van der Waals surface area contributed by atoms with Gasteiger partial charge in [-0.2, -0.15) is 5.10 Å². The summed E-state index contributed by atoms with van der Waals surface area (Å²) >= 11 is 0. The van der Waals surface area contributed by atoms with Gasteiger partial charge < -0.3 is 16.0 Å². The van der Waals surface area contributed by atoms with Crippen molar-refractivity contribution in [1.29, 1.82) is 0 Å². The molecule has 3 N–H and O–H groups in total. The Hall–Kier alpha value is -2.67. The van der Waals surface area contributed by atoms with E-state index in [1.165, 1.54) is 10.7 Å². The molecule has 0 radical (unpaired) electrons. The molecule has 2 aromatic rings. The largest absolute Gasteiger partial charge is 0.364 e. The number of likely N-dealkylation sites (N-methyl/N-ethyl adjacent to an activating group) is 1. The zero-order valence-electron chi connectivity index (χ0n) is 12.9. The molecule has 7 nitrogen and oxygen atoms in total. The fourth-order valence-corrected chi connectivity index (χ4v) is 2.74. The van der Waals surface area contributed by atoms with E-state index in [0.717, 1.165) is 19.5 Å². The van der Waals surface area contributed by atoms with E-state index in [9.17, 15) is 9.59 Å². The predicted octanol–water partition coefficient (Wildman–Crippen LogP) is 0.405. The molecule has 1 aliphatic heterocycles. The number of hydrogen-bond donors (Lipinski definition) is 2. The molecule has 0 spiro atoms. The van der Waals surface area contributed by atoms with Gasteiger partial charge in [0, 0.05) is 25.7 Å². The van der Waals surface area contributed by atoms with Gasteiger partial charge in [-0.3, -0.25) is 9.59 Å². The molecule has 0 aliphatic carbocycles. The highest BCUT2D eigenvalue weighted by molar-refractivity contribution is 5.97. The average molecular weight is 313 g/mol. The van der Waals surface area contributed by atoms with Crippen LogP contribution in [-0.2, 0) is 0 Å². The van der Waals surface area contributed by atoms with Crippen molar-refractivity contribution in [3.8, 4) is 5.69 Å².